The summed E-state index contributed by atoms with van der Waals surface area (Å²) in [5.74, 6) is 0.0656. The number of halogens is 1. The van der Waals surface area contributed by atoms with E-state index in [4.69, 9.17) is 19.4 Å². The van der Waals surface area contributed by atoms with Crippen LogP contribution < -0.4 is 25.8 Å². The van der Waals surface area contributed by atoms with E-state index in [1.54, 1.807) is 24.5 Å². The molecule has 3 aliphatic heterocycles. The molecule has 3 fully saturated rings. The van der Waals surface area contributed by atoms with Gasteiger partial charge in [0, 0.05) is 64.0 Å². The molecule has 1 unspecified atom stereocenters. The molecule has 3 saturated heterocycles. The van der Waals surface area contributed by atoms with Crippen molar-refractivity contribution >= 4 is 51.2 Å². The largest absolute Gasteiger partial charge is 0.444 e. The normalized spacial score (nSPS) is 20.8. The fourth-order valence-electron chi connectivity index (χ4n) is 7.88. The van der Waals surface area contributed by atoms with Gasteiger partial charge in [-0.15, -0.1) is 0 Å². The summed E-state index contributed by atoms with van der Waals surface area (Å²) < 4.78 is 27.2. The maximum Gasteiger partial charge on any atom is 0.407 e. The van der Waals surface area contributed by atoms with Crippen LogP contribution in [0.4, 0.5) is 26.4 Å². The van der Waals surface area contributed by atoms with E-state index in [1.165, 1.54) is 30.7 Å². The molecule has 0 saturated carbocycles. The third kappa shape index (κ3) is 10.6. The molecule has 2 amide bonds. The summed E-state index contributed by atoms with van der Waals surface area (Å²) in [7, 11) is 0.973. The van der Waals surface area contributed by atoms with Crippen LogP contribution in [-0.2, 0) is 9.47 Å². The summed E-state index contributed by atoms with van der Waals surface area (Å²) in [4.78, 5) is 40.7. The number of benzene rings is 2. The molecule has 1 spiro atoms. The lowest BCUT2D eigenvalue weighted by molar-refractivity contribution is 0.0423. The molecule has 3 atom stereocenters. The zero-order chi connectivity index (χ0) is 39.2. The van der Waals surface area contributed by atoms with E-state index in [2.05, 4.69) is 39.6 Å². The van der Waals surface area contributed by atoms with Gasteiger partial charge in [-0.05, 0) is 101 Å². The minimum absolute atomic E-state index is 0.0146. The average molecular weight is 792 g/mol. The summed E-state index contributed by atoms with van der Waals surface area (Å²) >= 11 is 1.45. The van der Waals surface area contributed by atoms with Gasteiger partial charge >= 0.3 is 6.09 Å². The first-order chi connectivity index (χ1) is 26.3. The molecule has 2 aromatic carbocycles. The molecule has 3 N–H and O–H groups in total. The number of hydrogen-bond acceptors (Lipinski definition) is 10. The van der Waals surface area contributed by atoms with Gasteiger partial charge in [0.2, 0.25) is 0 Å². The summed E-state index contributed by atoms with van der Waals surface area (Å²) in [5, 5.41) is 10.5. The second kappa shape index (κ2) is 18.0. The third-order valence-corrected chi connectivity index (χ3v) is 12.5. The Morgan fingerprint density at radius 3 is 2.49 bits per heavy atom. The van der Waals surface area contributed by atoms with E-state index in [0.29, 0.717) is 29.6 Å². The highest BCUT2D eigenvalue weighted by Gasteiger charge is 2.52. The maximum atomic E-state index is 15.3. The van der Waals surface area contributed by atoms with Crippen LogP contribution in [0.25, 0.3) is 0 Å². The molecule has 3 aliphatic rings. The van der Waals surface area contributed by atoms with E-state index in [-0.39, 0.29) is 40.9 Å². The number of anilines is 3. The number of rotatable bonds is 12. The maximum absolute atomic E-state index is 15.3. The SMILES string of the molecule is CCCCNC1CCN(c2ccc(C(=O)Nc3cccc(Sc4cnc(N5CCC6(CC5)COC([C@H](C)[SiH3])[C@H]6NC(=O)OC(C)(C)C)cn4)c3)cc2F)CC1. The fraction of sp³-hybridized carbons (Fsp3) is 0.561. The van der Waals surface area contributed by atoms with Crippen LogP contribution in [0.5, 0.6) is 0 Å². The predicted molar refractivity (Wildman–Crippen MR) is 221 cm³/mol. The Balaban J connectivity index is 1.01. The van der Waals surface area contributed by atoms with Crippen molar-refractivity contribution in [1.29, 1.82) is 0 Å². The van der Waals surface area contributed by atoms with Crippen molar-refractivity contribution in [2.24, 2.45) is 5.41 Å². The van der Waals surface area contributed by atoms with Crippen LogP contribution >= 0.6 is 11.8 Å². The van der Waals surface area contributed by atoms with Gasteiger partial charge in [0.25, 0.3) is 5.91 Å². The van der Waals surface area contributed by atoms with E-state index >= 15 is 4.39 Å². The monoisotopic (exact) mass is 791 g/mol. The average Bonchev–Trinajstić information content (AvgIpc) is 3.48. The highest BCUT2D eigenvalue weighted by molar-refractivity contribution is 7.99. The Morgan fingerprint density at radius 2 is 1.84 bits per heavy atom. The highest BCUT2D eigenvalue weighted by atomic mass is 32.2. The number of ether oxygens (including phenoxy) is 2. The van der Waals surface area contributed by atoms with E-state index in [1.807, 2.05) is 45.0 Å². The molecule has 4 heterocycles. The Bertz CT molecular complexity index is 1760. The number of piperidine rings is 2. The summed E-state index contributed by atoms with van der Waals surface area (Å²) in [6.45, 7) is 14.8. The van der Waals surface area contributed by atoms with Crippen molar-refractivity contribution in [3.8, 4) is 0 Å². The first kappa shape index (κ1) is 40.9. The van der Waals surface area contributed by atoms with Crippen LogP contribution in [-0.4, -0.2) is 95.3 Å². The second-order valence-electron chi connectivity index (χ2n) is 16.5. The lowest BCUT2D eigenvalue weighted by atomic mass is 9.72. The summed E-state index contributed by atoms with van der Waals surface area (Å²) in [6.07, 6.45) is 9.20. The van der Waals surface area contributed by atoms with Gasteiger partial charge in [-0.25, -0.2) is 19.2 Å². The summed E-state index contributed by atoms with van der Waals surface area (Å²) in [6, 6.07) is 12.6. The van der Waals surface area contributed by atoms with Gasteiger partial charge in [-0.3, -0.25) is 4.79 Å². The first-order valence-corrected chi connectivity index (χ1v) is 21.8. The van der Waals surface area contributed by atoms with Crippen molar-refractivity contribution in [1.82, 2.24) is 20.6 Å². The lowest BCUT2D eigenvalue weighted by Gasteiger charge is -2.43. The Hall–Kier alpha value is -3.72. The fourth-order valence-corrected chi connectivity index (χ4v) is 9.24. The topological polar surface area (TPSA) is 121 Å². The molecule has 3 aromatic rings. The number of nitrogens with one attached hydrogen (secondary N) is 3. The molecule has 6 rings (SSSR count). The van der Waals surface area contributed by atoms with Gasteiger partial charge in [0.1, 0.15) is 22.3 Å². The van der Waals surface area contributed by atoms with E-state index in [9.17, 15) is 9.59 Å². The zero-order valence-electron chi connectivity index (χ0n) is 33.2. The van der Waals surface area contributed by atoms with Crippen molar-refractivity contribution in [3.05, 3.63) is 66.2 Å². The standard InChI is InChI=1S/C41H58FN7O4SSi/c1-6-7-17-43-29-13-18-48(19-14-29)33-12-11-28(22-32(33)42)38(50)46-30-9-8-10-31(23-30)54-35-25-44-34(24-45-35)49-20-15-41(16-21-49)26-52-36(27(2)55)37(41)47-39(51)53-40(3,4)5/h8-12,22-25,27,29,36-37,43H,6-7,13-21,26H2,1-5,55H3,(H,46,50)(H,47,51)/t27-,36?,37+/m0/s1. The molecule has 298 valence electrons. The van der Waals surface area contributed by atoms with Crippen molar-refractivity contribution in [3.63, 3.8) is 0 Å². The molecule has 0 bridgehead atoms. The molecule has 55 heavy (non-hydrogen) atoms. The van der Waals surface area contributed by atoms with Crippen LogP contribution in [0.3, 0.4) is 0 Å². The van der Waals surface area contributed by atoms with Gasteiger partial charge in [-0.1, -0.05) is 38.1 Å². The lowest BCUT2D eigenvalue weighted by Crippen LogP contribution is -2.56. The highest BCUT2D eigenvalue weighted by Crippen LogP contribution is 2.45. The number of unbranched alkanes of at least 4 members (excludes halogenated alkanes) is 1. The molecule has 1 aromatic heterocycles. The Morgan fingerprint density at radius 1 is 1.07 bits per heavy atom. The first-order valence-electron chi connectivity index (χ1n) is 19.9. The Kier molecular flexibility index (Phi) is 13.4. The van der Waals surface area contributed by atoms with Gasteiger partial charge < -0.3 is 35.2 Å². The van der Waals surface area contributed by atoms with Crippen LogP contribution in [0.2, 0.25) is 5.54 Å². The van der Waals surface area contributed by atoms with Gasteiger partial charge in [0.05, 0.1) is 36.8 Å². The number of hydrogen-bond donors (Lipinski definition) is 3. The van der Waals surface area contributed by atoms with Crippen LogP contribution in [0, 0.1) is 11.2 Å². The van der Waals surface area contributed by atoms with Crippen LogP contribution in [0.1, 0.15) is 83.5 Å². The van der Waals surface area contributed by atoms with Crippen molar-refractivity contribution < 1.29 is 23.5 Å². The quantitative estimate of drug-likeness (QED) is 0.140. The van der Waals surface area contributed by atoms with Gasteiger partial charge in [0.15, 0.2) is 0 Å². The van der Waals surface area contributed by atoms with E-state index < -0.39 is 5.60 Å². The Labute approximate surface area is 332 Å². The van der Waals surface area contributed by atoms with Crippen LogP contribution in [0.15, 0.2) is 64.8 Å². The van der Waals surface area contributed by atoms with Gasteiger partial charge in [-0.2, -0.15) is 0 Å². The minimum Gasteiger partial charge on any atom is -0.444 e. The minimum atomic E-state index is -0.567. The van der Waals surface area contributed by atoms with Crippen molar-refractivity contribution in [2.75, 3.05) is 54.4 Å². The third-order valence-electron chi connectivity index (χ3n) is 10.9. The number of alkyl carbamates (subject to hydrolysis) is 1. The molecular weight excluding hydrogens is 734 g/mol. The van der Waals surface area contributed by atoms with Crippen molar-refractivity contribution in [2.45, 2.75) is 112 Å². The molecule has 11 nitrogen and oxygen atoms in total. The second-order valence-corrected chi connectivity index (χ2v) is 19.4. The predicted octanol–water partition coefficient (Wildman–Crippen LogP) is 6.43. The smallest absolute Gasteiger partial charge is 0.407 e. The zero-order valence-corrected chi connectivity index (χ0v) is 36.0. The molecule has 14 heteroatoms. The molecular formula is C41H58FN7O4SSi. The number of amides is 2. The summed E-state index contributed by atoms with van der Waals surface area (Å²) in [5.41, 5.74) is 1.11. The molecule has 0 radical (unpaired) electrons. The van der Waals surface area contributed by atoms with E-state index in [0.717, 1.165) is 84.4 Å². The number of carbonyl (C=O) groups is 2. The molecule has 0 aliphatic carbocycles. The number of nitrogens with zero attached hydrogens (tertiary/aromatic N) is 4. The number of carbonyl (C=O) groups excluding carboxylic acids is 2. The number of aromatic nitrogens is 2.